The van der Waals surface area contributed by atoms with Gasteiger partial charge in [-0.3, -0.25) is 0 Å². The molecule has 2 N–H and O–H groups in total. The molecule has 0 saturated carbocycles. The average Bonchev–Trinajstić information content (AvgIpc) is 2.68. The van der Waals surface area contributed by atoms with Gasteiger partial charge in [-0.25, -0.2) is 14.4 Å². The van der Waals surface area contributed by atoms with Crippen LogP contribution in [0.15, 0.2) is 6.33 Å². The van der Waals surface area contributed by atoms with Gasteiger partial charge in [-0.05, 0) is 45.8 Å². The first-order valence-electron chi connectivity index (χ1n) is 7.37. The third-order valence-corrected chi connectivity index (χ3v) is 3.76. The zero-order valence-electron chi connectivity index (χ0n) is 12.2. The van der Waals surface area contributed by atoms with E-state index in [4.69, 9.17) is 5.73 Å². The molecule has 20 heavy (non-hydrogen) atoms. The Bertz CT molecular complexity index is 426. The number of aryl methyl sites for hydroxylation is 1. The lowest BCUT2D eigenvalue weighted by Gasteiger charge is -2.23. The van der Waals surface area contributed by atoms with Crippen molar-refractivity contribution in [3.8, 4) is 0 Å². The number of hydrogen-bond donors (Lipinski definition) is 1. The zero-order chi connectivity index (χ0) is 14.4. The van der Waals surface area contributed by atoms with Gasteiger partial charge in [0.1, 0.15) is 6.33 Å². The van der Waals surface area contributed by atoms with Crippen molar-refractivity contribution in [1.82, 2.24) is 14.9 Å². The molecule has 1 aliphatic rings. The summed E-state index contributed by atoms with van der Waals surface area (Å²) < 4.78 is 14.1. The van der Waals surface area contributed by atoms with Crippen molar-refractivity contribution >= 4 is 5.82 Å². The van der Waals surface area contributed by atoms with E-state index in [9.17, 15) is 4.39 Å². The molecule has 1 aromatic rings. The molecule has 112 valence electrons. The monoisotopic (exact) mass is 281 g/mol. The summed E-state index contributed by atoms with van der Waals surface area (Å²) >= 11 is 0. The van der Waals surface area contributed by atoms with Gasteiger partial charge in [0.15, 0.2) is 11.6 Å². The normalized spacial score (nSPS) is 17.2. The molecular weight excluding hydrogens is 257 g/mol. The number of nitrogens with zero attached hydrogens (tertiary/aromatic N) is 4. The van der Waals surface area contributed by atoms with E-state index in [0.29, 0.717) is 11.5 Å². The van der Waals surface area contributed by atoms with E-state index in [1.807, 2.05) is 4.90 Å². The highest BCUT2D eigenvalue weighted by atomic mass is 19.1. The minimum absolute atomic E-state index is 0.288. The van der Waals surface area contributed by atoms with Crippen LogP contribution in [0.1, 0.15) is 25.0 Å². The number of rotatable bonds is 5. The first-order valence-corrected chi connectivity index (χ1v) is 7.37. The van der Waals surface area contributed by atoms with Gasteiger partial charge < -0.3 is 15.5 Å². The molecule has 5 nitrogen and oxygen atoms in total. The second-order valence-electron chi connectivity index (χ2n) is 5.27. The maximum Gasteiger partial charge on any atom is 0.186 e. The minimum atomic E-state index is -0.288. The lowest BCUT2D eigenvalue weighted by Crippen LogP contribution is -2.32. The molecule has 0 atom stereocenters. The van der Waals surface area contributed by atoms with Crippen molar-refractivity contribution in [1.29, 1.82) is 0 Å². The van der Waals surface area contributed by atoms with Crippen molar-refractivity contribution in [3.63, 3.8) is 0 Å². The van der Waals surface area contributed by atoms with Crippen LogP contribution in [0.5, 0.6) is 0 Å². The molecule has 2 rings (SSSR count). The second-order valence-corrected chi connectivity index (χ2v) is 5.27. The van der Waals surface area contributed by atoms with E-state index in [1.165, 1.54) is 6.33 Å². The Kier molecular flexibility index (Phi) is 5.67. The predicted octanol–water partition coefficient (Wildman–Crippen LogP) is 1.18. The Morgan fingerprint density at radius 3 is 2.85 bits per heavy atom. The van der Waals surface area contributed by atoms with Crippen LogP contribution in [0.3, 0.4) is 0 Å². The number of nitrogens with two attached hydrogens (primary N) is 1. The Morgan fingerprint density at radius 1 is 1.20 bits per heavy atom. The van der Waals surface area contributed by atoms with Crippen molar-refractivity contribution in [2.24, 2.45) is 5.73 Å². The number of anilines is 1. The summed E-state index contributed by atoms with van der Waals surface area (Å²) in [6.07, 6.45) is 4.68. The average molecular weight is 281 g/mol. The van der Waals surface area contributed by atoms with Crippen LogP contribution >= 0.6 is 0 Å². The summed E-state index contributed by atoms with van der Waals surface area (Å²) in [6.45, 7) is 7.19. The van der Waals surface area contributed by atoms with Gasteiger partial charge in [-0.15, -0.1) is 0 Å². The summed E-state index contributed by atoms with van der Waals surface area (Å²) in [5.74, 6) is 0.158. The topological polar surface area (TPSA) is 58.3 Å². The van der Waals surface area contributed by atoms with Crippen LogP contribution in [0, 0.1) is 12.7 Å². The SMILES string of the molecule is Cc1ncnc(N2CCCN(CCCCN)CC2)c1F. The van der Waals surface area contributed by atoms with Crippen LogP contribution in [0.2, 0.25) is 0 Å². The van der Waals surface area contributed by atoms with Crippen molar-refractivity contribution in [3.05, 3.63) is 17.8 Å². The van der Waals surface area contributed by atoms with Crippen LogP contribution in [0.4, 0.5) is 10.2 Å². The molecule has 6 heteroatoms. The van der Waals surface area contributed by atoms with E-state index >= 15 is 0 Å². The lowest BCUT2D eigenvalue weighted by atomic mass is 10.3. The van der Waals surface area contributed by atoms with E-state index in [1.54, 1.807) is 6.92 Å². The molecule has 0 bridgehead atoms. The molecule has 0 spiro atoms. The van der Waals surface area contributed by atoms with Gasteiger partial charge in [-0.1, -0.05) is 0 Å². The summed E-state index contributed by atoms with van der Waals surface area (Å²) in [4.78, 5) is 12.5. The summed E-state index contributed by atoms with van der Waals surface area (Å²) in [7, 11) is 0. The van der Waals surface area contributed by atoms with Gasteiger partial charge in [0.2, 0.25) is 0 Å². The molecule has 0 aromatic carbocycles. The quantitative estimate of drug-likeness (QED) is 0.821. The standard InChI is InChI=1S/C14H24FN5/c1-12-13(15)14(18-11-17-12)20-8-4-7-19(9-10-20)6-3-2-5-16/h11H,2-10,16H2,1H3. The number of hydrogen-bond acceptors (Lipinski definition) is 5. The van der Waals surface area contributed by atoms with E-state index in [-0.39, 0.29) is 5.82 Å². The molecule has 1 saturated heterocycles. The van der Waals surface area contributed by atoms with Crippen molar-refractivity contribution in [2.45, 2.75) is 26.2 Å². The van der Waals surface area contributed by atoms with Crippen molar-refractivity contribution < 1.29 is 4.39 Å². The highest BCUT2D eigenvalue weighted by Crippen LogP contribution is 2.19. The lowest BCUT2D eigenvalue weighted by molar-refractivity contribution is 0.287. The molecule has 0 unspecified atom stereocenters. The zero-order valence-corrected chi connectivity index (χ0v) is 12.2. The Balaban J connectivity index is 1.94. The van der Waals surface area contributed by atoms with Gasteiger partial charge in [0, 0.05) is 19.6 Å². The van der Waals surface area contributed by atoms with Crippen molar-refractivity contribution in [2.75, 3.05) is 44.2 Å². The molecule has 0 radical (unpaired) electrons. The van der Waals surface area contributed by atoms with E-state index < -0.39 is 0 Å². The third-order valence-electron chi connectivity index (χ3n) is 3.76. The first kappa shape index (κ1) is 15.1. The van der Waals surface area contributed by atoms with Crippen LogP contribution in [-0.4, -0.2) is 54.1 Å². The Morgan fingerprint density at radius 2 is 2.05 bits per heavy atom. The van der Waals surface area contributed by atoms with Crippen LogP contribution in [-0.2, 0) is 0 Å². The van der Waals surface area contributed by atoms with Gasteiger partial charge in [0.05, 0.1) is 5.69 Å². The van der Waals surface area contributed by atoms with Crippen LogP contribution in [0.25, 0.3) is 0 Å². The van der Waals surface area contributed by atoms with Gasteiger partial charge in [-0.2, -0.15) is 0 Å². The van der Waals surface area contributed by atoms with Gasteiger partial charge in [0.25, 0.3) is 0 Å². The molecular formula is C14H24FN5. The summed E-state index contributed by atoms with van der Waals surface area (Å²) in [5.41, 5.74) is 5.94. The largest absolute Gasteiger partial charge is 0.353 e. The Hall–Kier alpha value is -1.27. The molecule has 1 aromatic heterocycles. The Labute approximate surface area is 120 Å². The van der Waals surface area contributed by atoms with E-state index in [2.05, 4.69) is 14.9 Å². The smallest absolute Gasteiger partial charge is 0.186 e. The predicted molar refractivity (Wildman–Crippen MR) is 78.3 cm³/mol. The summed E-state index contributed by atoms with van der Waals surface area (Å²) in [6, 6.07) is 0. The second kappa shape index (κ2) is 7.50. The third kappa shape index (κ3) is 3.86. The molecule has 0 amide bonds. The minimum Gasteiger partial charge on any atom is -0.353 e. The van der Waals surface area contributed by atoms with Gasteiger partial charge >= 0.3 is 0 Å². The maximum atomic E-state index is 14.1. The molecule has 2 heterocycles. The number of unbranched alkanes of at least 4 members (excludes halogenated alkanes) is 1. The number of halogens is 1. The highest BCUT2D eigenvalue weighted by molar-refractivity contribution is 5.40. The molecule has 1 aliphatic heterocycles. The van der Waals surface area contributed by atoms with Crippen LogP contribution < -0.4 is 10.6 Å². The fourth-order valence-corrected chi connectivity index (χ4v) is 2.55. The summed E-state index contributed by atoms with van der Waals surface area (Å²) in [5, 5.41) is 0. The molecule has 1 fully saturated rings. The van der Waals surface area contributed by atoms with E-state index in [0.717, 1.165) is 58.5 Å². The number of aromatic nitrogens is 2. The fraction of sp³-hybridized carbons (Fsp3) is 0.714. The first-order chi connectivity index (χ1) is 9.72. The highest BCUT2D eigenvalue weighted by Gasteiger charge is 2.19. The fourth-order valence-electron chi connectivity index (χ4n) is 2.55. The maximum absolute atomic E-state index is 14.1. The molecule has 0 aliphatic carbocycles.